The van der Waals surface area contributed by atoms with Gasteiger partial charge in [0.25, 0.3) is 0 Å². The quantitative estimate of drug-likeness (QED) is 0.166. The summed E-state index contributed by atoms with van der Waals surface area (Å²) >= 11 is 18.7. The Hall–Kier alpha value is -13.1. The number of benzene rings is 11. The number of hydrogen-bond acceptors (Lipinski definition) is 14. The number of thiophene rings is 10. The van der Waals surface area contributed by atoms with Crippen molar-refractivity contribution in [1.29, 1.82) is 0 Å². The highest BCUT2D eigenvalue weighted by molar-refractivity contribution is 7.35. The molecule has 31 rings (SSSR count). The molecule has 0 saturated carbocycles. The fourth-order valence-electron chi connectivity index (χ4n) is 21.1. The van der Waals surface area contributed by atoms with Crippen LogP contribution in [0.1, 0.15) is 64.0 Å². The summed E-state index contributed by atoms with van der Waals surface area (Å²) in [6, 6.07) is 90.0. The fraction of sp³-hybridized carbons (Fsp3) is 0.105. The monoisotopic (exact) mass is 1910 g/mol. The Morgan fingerprint density at radius 3 is 0.903 bits per heavy atom. The molecule has 134 heavy (non-hydrogen) atoms. The topological polar surface area (TPSA) is 82.1 Å². The third-order valence-corrected chi connectivity index (χ3v) is 39.1. The number of aromatic nitrogens is 6. The second-order valence-corrected chi connectivity index (χ2v) is 47.9. The maximum absolute atomic E-state index is 6.89. The smallest absolute Gasteiger partial charge is 0.171 e. The maximum atomic E-state index is 6.89. The Labute approximate surface area is 803 Å². The van der Waals surface area contributed by atoms with Gasteiger partial charge in [-0.1, -0.05) is 130 Å². The number of fused-ring (bicyclic) bond motifs is 38. The van der Waals surface area contributed by atoms with Crippen LogP contribution in [-0.2, 0) is 0 Å². The molecule has 646 valence electrons. The average molecular weight is 1910 g/mol. The van der Waals surface area contributed by atoms with Crippen LogP contribution in [-0.4, -0.2) is 27.4 Å². The van der Waals surface area contributed by atoms with E-state index in [2.05, 4.69) is 353 Å². The molecule has 0 fully saturated rings. The Bertz CT molecular complexity index is 10100. The maximum Gasteiger partial charge on any atom is 0.171 e. The van der Waals surface area contributed by atoms with E-state index in [9.17, 15) is 0 Å². The molecule has 20 heteroatoms. The largest absolute Gasteiger partial charge is 0.453 e. The average Bonchev–Trinajstić information content (AvgIpc) is 1.53. The summed E-state index contributed by atoms with van der Waals surface area (Å²) < 4.78 is 62.7. The molecule has 20 aromatic heterocycles. The molecule has 0 bridgehead atoms. The van der Waals surface area contributed by atoms with E-state index in [1.54, 1.807) is 0 Å². The first-order valence-corrected chi connectivity index (χ1v) is 53.1. The van der Waals surface area contributed by atoms with Crippen LogP contribution in [0.25, 0.3) is 263 Å². The van der Waals surface area contributed by atoms with E-state index in [-0.39, 0.29) is 0 Å². The lowest BCUT2D eigenvalue weighted by Crippen LogP contribution is -1.95. The van der Waals surface area contributed by atoms with Crippen LogP contribution >= 0.6 is 113 Å². The van der Waals surface area contributed by atoms with Crippen molar-refractivity contribution >= 4 is 343 Å². The zero-order valence-electron chi connectivity index (χ0n) is 74.5. The van der Waals surface area contributed by atoms with Gasteiger partial charge in [0.05, 0.1) is 101 Å². The zero-order chi connectivity index (χ0) is 89.4. The van der Waals surface area contributed by atoms with Crippen LogP contribution in [0.4, 0.5) is 0 Å². The van der Waals surface area contributed by atoms with E-state index in [4.69, 9.17) is 17.7 Å². The minimum Gasteiger partial charge on any atom is -0.453 e. The molecule has 11 aromatic carbocycles. The summed E-state index contributed by atoms with van der Waals surface area (Å²) in [5, 5.41) is 9.68. The molecule has 0 aliphatic heterocycles. The van der Waals surface area contributed by atoms with E-state index in [0.29, 0.717) is 0 Å². The van der Waals surface area contributed by atoms with Crippen LogP contribution in [0, 0.1) is 83.1 Å². The van der Waals surface area contributed by atoms with Gasteiger partial charge in [0, 0.05) is 116 Å². The van der Waals surface area contributed by atoms with Crippen LogP contribution in [0.15, 0.2) is 260 Å². The lowest BCUT2D eigenvalue weighted by Gasteiger charge is -2.10. The predicted molar refractivity (Wildman–Crippen MR) is 585 cm³/mol. The summed E-state index contributed by atoms with van der Waals surface area (Å²) in [7, 11) is 0. The highest BCUT2D eigenvalue weighted by Gasteiger charge is 2.33. The van der Waals surface area contributed by atoms with Gasteiger partial charge in [-0.25, -0.2) is 0 Å². The van der Waals surface area contributed by atoms with Gasteiger partial charge in [0.2, 0.25) is 0 Å². The van der Waals surface area contributed by atoms with Crippen molar-refractivity contribution < 1.29 is 17.7 Å². The zero-order valence-corrected chi connectivity index (χ0v) is 82.7. The standard InChI is InChI=1S/2C38H24N2O2S4.C38H28N2S2/c1-17-5-9-21(10-6-17)39-29-23-15-26-24(16-25(23)41-33(29)37-31(39)35-27(45-37)13-19(3)43-35)30-34(42-26)38-32(36-28(46-38)14-20(4)44-36)40(30)22-11-7-18(2)8-12-22;1-17-5-9-21(10-6-17)39-25-13-19(3)43-35(25)37-29(39)31-33(45-37)23-15-28-24(16-27(23)41-31)34-32(42-28)30-38(46-34)36-26(14-20(4)44-36)40(30)22-11-7-18(2)8-12-22;1-21-5-11-25(12-6-21)39-31-17-23(3)9-15-27(31)37-36(39)30-19-32-29(20-34(30)42-37)38-35(28-16-10-24(4)18-33(28)41-38)40(32)26-13-7-22(2)8-14-26/h2*5-16H,1-4H3;5-20H,1-4H3. The molecule has 0 saturated heterocycles. The molecule has 0 radical (unpaired) electrons. The van der Waals surface area contributed by atoms with Crippen molar-refractivity contribution in [3.8, 4) is 34.1 Å². The molecule has 0 N–H and O–H groups in total. The van der Waals surface area contributed by atoms with Gasteiger partial charge < -0.3 is 45.1 Å². The second kappa shape index (κ2) is 28.3. The third-order valence-electron chi connectivity index (χ3n) is 27.3. The van der Waals surface area contributed by atoms with Gasteiger partial charge in [-0.15, -0.1) is 113 Å². The molecule has 10 nitrogen and oxygen atoms in total. The SMILES string of the molecule is Cc1ccc(-n2c3c4cc5oc6c7sc8cc(C)sc8c7n(-c7ccc(C)cc7)c6c5cc4oc3c3sc4cc(C)sc4c32)cc1.Cc1ccc(-n2c3cc(C)ccc3c3sc4cc5c6sc7cc(C)ccc7c6n(-c6ccc(C)cc6)c5cc4c32)cc1.Cc1ccc(-n2c3cc(C)sc3c3sc4c5cc6oc7c(sc8c9sc(C)cc9n(-c9ccc(C)cc9)c78)c6cc5oc4c32)cc1. The van der Waals surface area contributed by atoms with Gasteiger partial charge in [-0.05, 0) is 240 Å². The van der Waals surface area contributed by atoms with E-state index >= 15 is 0 Å². The summed E-state index contributed by atoms with van der Waals surface area (Å²) in [4.78, 5) is 5.29. The molecule has 0 amide bonds. The van der Waals surface area contributed by atoms with E-state index < -0.39 is 0 Å². The van der Waals surface area contributed by atoms with Crippen molar-refractivity contribution in [3.05, 3.63) is 307 Å². The first-order chi connectivity index (χ1) is 65.3. The molecule has 31 aromatic rings. The number of aryl methyl sites for hydroxylation is 12. The van der Waals surface area contributed by atoms with Crippen LogP contribution in [0.3, 0.4) is 0 Å². The highest BCUT2D eigenvalue weighted by atomic mass is 32.1. The van der Waals surface area contributed by atoms with Crippen molar-refractivity contribution in [2.75, 3.05) is 0 Å². The first kappa shape index (κ1) is 78.4. The Morgan fingerprint density at radius 2 is 0.478 bits per heavy atom. The van der Waals surface area contributed by atoms with Crippen LogP contribution in [0.5, 0.6) is 0 Å². The minimum absolute atomic E-state index is 0.882. The summed E-state index contributed by atoms with van der Waals surface area (Å²) in [5.74, 6) is 0. The minimum atomic E-state index is 0.882. The van der Waals surface area contributed by atoms with Gasteiger partial charge in [-0.2, -0.15) is 0 Å². The molecular formula is C114H76N6O4S10. The highest BCUT2D eigenvalue weighted by Crippen LogP contribution is 2.57. The van der Waals surface area contributed by atoms with Crippen molar-refractivity contribution in [2.45, 2.75) is 83.1 Å². The Morgan fingerprint density at radius 1 is 0.164 bits per heavy atom. The summed E-state index contributed by atoms with van der Waals surface area (Å²) in [5.41, 5.74) is 39.2. The number of rotatable bonds is 6. The molecule has 0 spiro atoms. The molecule has 20 heterocycles. The lowest BCUT2D eigenvalue weighted by atomic mass is 10.1. The van der Waals surface area contributed by atoms with Crippen LogP contribution < -0.4 is 0 Å². The summed E-state index contributed by atoms with van der Waals surface area (Å²) in [6.07, 6.45) is 0. The number of nitrogens with zero attached hydrogens (tertiary/aromatic N) is 6. The molecule has 0 aliphatic carbocycles. The van der Waals surface area contributed by atoms with Crippen LogP contribution in [0.2, 0.25) is 0 Å². The van der Waals surface area contributed by atoms with Crippen molar-refractivity contribution in [1.82, 2.24) is 27.4 Å². The Balaban J connectivity index is 0.0000000981. The molecular weight excluding hydrogens is 1840 g/mol. The summed E-state index contributed by atoms with van der Waals surface area (Å²) in [6.45, 7) is 26.0. The Kier molecular flexibility index (Phi) is 16.6. The predicted octanol–water partition coefficient (Wildman–Crippen LogP) is 37.9. The second-order valence-electron chi connectivity index (χ2n) is 36.6. The first-order valence-electron chi connectivity index (χ1n) is 44.9. The van der Waals surface area contributed by atoms with Gasteiger partial charge in [0.15, 0.2) is 22.3 Å². The lowest BCUT2D eigenvalue weighted by molar-refractivity contribution is 0.666. The van der Waals surface area contributed by atoms with E-state index in [0.717, 1.165) is 111 Å². The van der Waals surface area contributed by atoms with Crippen molar-refractivity contribution in [2.24, 2.45) is 0 Å². The van der Waals surface area contributed by atoms with Gasteiger partial charge >= 0.3 is 0 Å². The fourth-order valence-corrected chi connectivity index (χ4v) is 33.4. The number of hydrogen-bond donors (Lipinski definition) is 0. The van der Waals surface area contributed by atoms with Gasteiger partial charge in [0.1, 0.15) is 44.4 Å². The van der Waals surface area contributed by atoms with E-state index in [1.165, 1.54) is 216 Å². The third kappa shape index (κ3) is 11.2. The number of furan rings is 4. The normalized spacial score (nSPS) is 12.6. The van der Waals surface area contributed by atoms with Gasteiger partial charge in [-0.3, -0.25) is 0 Å². The van der Waals surface area contributed by atoms with Crippen molar-refractivity contribution in [3.63, 3.8) is 0 Å². The molecule has 0 unspecified atom stereocenters. The van der Waals surface area contributed by atoms with E-state index in [1.807, 2.05) is 113 Å². The molecule has 0 atom stereocenters. The molecule has 0 aliphatic rings.